The second-order valence-corrected chi connectivity index (χ2v) is 9.01. The van der Waals surface area contributed by atoms with Crippen molar-refractivity contribution in [3.63, 3.8) is 0 Å². The van der Waals surface area contributed by atoms with E-state index >= 15 is 4.39 Å². The molecule has 0 spiro atoms. The number of aromatic nitrogens is 5. The molecule has 0 unspecified atom stereocenters. The van der Waals surface area contributed by atoms with Crippen LogP contribution >= 0.6 is 0 Å². The number of primary amides is 1. The minimum absolute atomic E-state index is 0.0215. The van der Waals surface area contributed by atoms with Crippen molar-refractivity contribution in [2.45, 2.75) is 38.3 Å². The van der Waals surface area contributed by atoms with Crippen LogP contribution in [0.25, 0.3) is 5.69 Å². The van der Waals surface area contributed by atoms with Crippen LogP contribution in [0.1, 0.15) is 36.5 Å². The van der Waals surface area contributed by atoms with Crippen molar-refractivity contribution in [1.82, 2.24) is 30.3 Å². The van der Waals surface area contributed by atoms with Crippen LogP contribution in [0, 0.1) is 11.7 Å². The fourth-order valence-corrected chi connectivity index (χ4v) is 4.23. The molecular formula is C24H30FN9O5. The minimum Gasteiger partial charge on any atom is -0.474 e. The smallest absolute Gasteiger partial charge is 0.404 e. The summed E-state index contributed by atoms with van der Waals surface area (Å²) in [5.41, 5.74) is 6.09. The third-order valence-electron chi connectivity index (χ3n) is 6.35. The van der Waals surface area contributed by atoms with Gasteiger partial charge in [-0.05, 0) is 37.8 Å². The summed E-state index contributed by atoms with van der Waals surface area (Å²) in [5, 5.41) is 25.9. The van der Waals surface area contributed by atoms with E-state index in [0.29, 0.717) is 18.0 Å². The second kappa shape index (κ2) is 12.3. The van der Waals surface area contributed by atoms with E-state index < -0.39 is 29.9 Å². The topological polar surface area (TPSA) is 191 Å². The van der Waals surface area contributed by atoms with Crippen LogP contribution < -0.4 is 26.4 Å². The van der Waals surface area contributed by atoms with Gasteiger partial charge in [0, 0.05) is 13.2 Å². The van der Waals surface area contributed by atoms with Crippen LogP contribution in [-0.2, 0) is 4.74 Å². The maximum absolute atomic E-state index is 15.1. The Morgan fingerprint density at radius 2 is 1.97 bits per heavy atom. The number of hydrogen-bond acceptors (Lipinski definition) is 10. The molecule has 1 saturated carbocycles. The lowest BCUT2D eigenvalue weighted by Gasteiger charge is -2.38. The number of carboxylic acid groups (broad SMARTS) is 1. The number of pyridine rings is 2. The number of halogens is 1. The van der Waals surface area contributed by atoms with E-state index in [1.54, 1.807) is 20.1 Å². The first kappa shape index (κ1) is 27.5. The molecule has 1 aliphatic rings. The maximum atomic E-state index is 15.1. The van der Waals surface area contributed by atoms with E-state index in [9.17, 15) is 14.7 Å². The van der Waals surface area contributed by atoms with E-state index in [4.69, 9.17) is 15.2 Å². The Morgan fingerprint density at radius 3 is 2.59 bits per heavy atom. The summed E-state index contributed by atoms with van der Waals surface area (Å²) in [5.74, 6) is -1.51. The number of carbonyl (C=O) groups is 2. The molecule has 1 aliphatic carbocycles. The van der Waals surface area contributed by atoms with Crippen LogP contribution in [0.4, 0.5) is 26.5 Å². The van der Waals surface area contributed by atoms with Crippen LogP contribution in [0.3, 0.4) is 0 Å². The average Bonchev–Trinajstić information content (AvgIpc) is 3.39. The number of amides is 2. The number of anilines is 3. The summed E-state index contributed by atoms with van der Waals surface area (Å²) in [6.45, 7) is 2.28. The van der Waals surface area contributed by atoms with Gasteiger partial charge in [0.2, 0.25) is 5.88 Å². The zero-order valence-corrected chi connectivity index (χ0v) is 21.4. The molecule has 0 saturated heterocycles. The summed E-state index contributed by atoms with van der Waals surface area (Å²) in [4.78, 5) is 33.3. The Kier molecular flexibility index (Phi) is 8.70. The molecule has 39 heavy (non-hydrogen) atoms. The summed E-state index contributed by atoms with van der Waals surface area (Å²) in [6.07, 6.45) is 5.96. The lowest BCUT2D eigenvalue weighted by molar-refractivity contribution is 0.1000. The van der Waals surface area contributed by atoms with Crippen LogP contribution in [0.2, 0.25) is 0 Å². The number of rotatable bonds is 13. The van der Waals surface area contributed by atoms with Gasteiger partial charge in [0.05, 0.1) is 42.5 Å². The highest BCUT2D eigenvalue weighted by Gasteiger charge is 2.33. The zero-order valence-electron chi connectivity index (χ0n) is 21.4. The van der Waals surface area contributed by atoms with Gasteiger partial charge < -0.3 is 36.3 Å². The minimum atomic E-state index is -1.18. The number of nitrogens with zero attached hydrogens (tertiary/aromatic N) is 5. The predicted molar refractivity (Wildman–Crippen MR) is 138 cm³/mol. The van der Waals surface area contributed by atoms with Crippen LogP contribution in [-0.4, -0.2) is 74.5 Å². The molecule has 15 heteroatoms. The van der Waals surface area contributed by atoms with E-state index in [2.05, 4.69) is 36.1 Å². The van der Waals surface area contributed by atoms with Gasteiger partial charge in [0.15, 0.2) is 11.6 Å². The monoisotopic (exact) mass is 543 g/mol. The van der Waals surface area contributed by atoms with Crippen molar-refractivity contribution in [2.24, 2.45) is 11.7 Å². The highest BCUT2D eigenvalue weighted by Crippen LogP contribution is 2.34. The Bertz CT molecular complexity index is 1300. The van der Waals surface area contributed by atoms with Crippen molar-refractivity contribution >= 4 is 29.3 Å². The zero-order chi connectivity index (χ0) is 27.9. The number of hydrogen-bond donors (Lipinski definition) is 5. The van der Waals surface area contributed by atoms with Gasteiger partial charge in [0.1, 0.15) is 18.1 Å². The van der Waals surface area contributed by atoms with Crippen molar-refractivity contribution < 1.29 is 28.6 Å². The van der Waals surface area contributed by atoms with Gasteiger partial charge in [0.25, 0.3) is 5.91 Å². The third kappa shape index (κ3) is 6.67. The standard InChI is InChI=1S/C24H30FN9O5/c1-13(30-24(36)37)19(14-4-3-5-14)32-22-17(25)11-16(20(26)35)21(33-22)31-15-10-18(34-28-6-7-29-34)23(27-12-15)39-9-8-38-2/h6-7,10-14,19,30H,3-5,8-9H2,1-2H3,(H2,26,35)(H,36,37)(H2,31,32,33)/t13-,19-/m0/s1. The van der Waals surface area contributed by atoms with Crippen molar-refractivity contribution in [3.05, 3.63) is 42.1 Å². The van der Waals surface area contributed by atoms with Crippen LogP contribution in [0.5, 0.6) is 5.88 Å². The predicted octanol–water partition coefficient (Wildman–Crippen LogP) is 2.30. The van der Waals surface area contributed by atoms with Crippen LogP contribution in [0.15, 0.2) is 30.7 Å². The van der Waals surface area contributed by atoms with Gasteiger partial charge >= 0.3 is 6.09 Å². The quantitative estimate of drug-likeness (QED) is 0.199. The van der Waals surface area contributed by atoms with E-state index in [1.165, 1.54) is 23.4 Å². The third-order valence-corrected chi connectivity index (χ3v) is 6.35. The van der Waals surface area contributed by atoms with Crippen molar-refractivity contribution in [1.29, 1.82) is 0 Å². The maximum Gasteiger partial charge on any atom is 0.404 e. The first-order valence-corrected chi connectivity index (χ1v) is 12.3. The number of ether oxygens (including phenoxy) is 2. The molecule has 0 aromatic carbocycles. The Morgan fingerprint density at radius 1 is 1.23 bits per heavy atom. The SMILES string of the molecule is COCCOc1ncc(Nc2nc(N[C@H](C3CCC3)[C@H](C)NC(=O)O)c(F)cc2C(N)=O)cc1-n1nccn1. The van der Waals surface area contributed by atoms with Gasteiger partial charge in [-0.3, -0.25) is 4.79 Å². The molecule has 4 rings (SSSR count). The normalized spacial score (nSPS) is 14.6. The van der Waals surface area contributed by atoms with Gasteiger partial charge in [-0.15, -0.1) is 4.80 Å². The molecule has 208 valence electrons. The second-order valence-electron chi connectivity index (χ2n) is 9.01. The molecule has 1 fully saturated rings. The van der Waals surface area contributed by atoms with Gasteiger partial charge in [-0.2, -0.15) is 10.2 Å². The molecule has 2 atom stereocenters. The molecule has 14 nitrogen and oxygen atoms in total. The van der Waals surface area contributed by atoms with Gasteiger partial charge in [-0.25, -0.2) is 19.2 Å². The summed E-state index contributed by atoms with van der Waals surface area (Å²) in [7, 11) is 1.55. The Labute approximate surface area is 223 Å². The molecule has 3 aromatic heterocycles. The first-order chi connectivity index (χ1) is 18.8. The summed E-state index contributed by atoms with van der Waals surface area (Å²) < 4.78 is 25.8. The van der Waals surface area contributed by atoms with E-state index in [1.807, 2.05) is 0 Å². The highest BCUT2D eigenvalue weighted by molar-refractivity contribution is 5.98. The molecular weight excluding hydrogens is 513 g/mol. The van der Waals surface area contributed by atoms with E-state index in [-0.39, 0.29) is 35.6 Å². The molecule has 0 radical (unpaired) electrons. The fraction of sp³-hybridized carbons (Fsp3) is 0.417. The van der Waals surface area contributed by atoms with Gasteiger partial charge in [-0.1, -0.05) is 6.42 Å². The number of carbonyl (C=O) groups excluding carboxylic acids is 1. The lowest BCUT2D eigenvalue weighted by atomic mass is 9.77. The summed E-state index contributed by atoms with van der Waals surface area (Å²) in [6, 6.07) is 1.65. The number of nitrogens with one attached hydrogen (secondary N) is 3. The lowest BCUT2D eigenvalue weighted by Crippen LogP contribution is -2.50. The molecule has 3 heterocycles. The Hall–Kier alpha value is -4.53. The first-order valence-electron chi connectivity index (χ1n) is 12.3. The highest BCUT2D eigenvalue weighted by atomic mass is 19.1. The van der Waals surface area contributed by atoms with Crippen molar-refractivity contribution in [3.8, 4) is 11.6 Å². The molecule has 6 N–H and O–H groups in total. The fourth-order valence-electron chi connectivity index (χ4n) is 4.23. The van der Waals surface area contributed by atoms with Crippen molar-refractivity contribution in [2.75, 3.05) is 31.0 Å². The molecule has 3 aromatic rings. The van der Waals surface area contributed by atoms with E-state index in [0.717, 1.165) is 25.3 Å². The number of nitrogens with two attached hydrogens (primary N) is 1. The Balaban J connectivity index is 1.66. The number of methoxy groups -OCH3 is 1. The average molecular weight is 544 g/mol. The molecule has 0 bridgehead atoms. The molecule has 2 amide bonds. The molecule has 0 aliphatic heterocycles. The largest absolute Gasteiger partial charge is 0.474 e. The summed E-state index contributed by atoms with van der Waals surface area (Å²) >= 11 is 0.